The zero-order chi connectivity index (χ0) is 22.3. The molecule has 4 aromatic rings. The average Bonchev–Trinajstić information content (AvgIpc) is 3.25. The van der Waals surface area contributed by atoms with Crippen LogP contribution in [0.1, 0.15) is 35.9 Å². The first-order valence-corrected chi connectivity index (χ1v) is 11.6. The molecule has 3 aromatic carbocycles. The normalized spacial score (nSPS) is 11.6. The number of benzene rings is 3. The number of aromatic nitrogens is 1. The van der Waals surface area contributed by atoms with E-state index in [2.05, 4.69) is 66.4 Å². The molecule has 0 fully saturated rings. The summed E-state index contributed by atoms with van der Waals surface area (Å²) >= 11 is 1.61. The summed E-state index contributed by atoms with van der Waals surface area (Å²) in [6, 6.07) is 26.9. The van der Waals surface area contributed by atoms with E-state index in [1.54, 1.807) is 11.3 Å². The summed E-state index contributed by atoms with van der Waals surface area (Å²) in [7, 11) is 0. The number of allylic oxidation sites excluding steroid dienone is 1. The number of carboxylic acids is 1. The fraction of sp³-hybridized carbons (Fsp3) is 0.185. The zero-order valence-corrected chi connectivity index (χ0v) is 18.9. The number of thiazole rings is 1. The van der Waals surface area contributed by atoms with Crippen molar-refractivity contribution in [2.24, 2.45) is 0 Å². The molecule has 0 saturated heterocycles. The zero-order valence-electron chi connectivity index (χ0n) is 18.1. The van der Waals surface area contributed by atoms with E-state index in [4.69, 9.17) is 4.98 Å². The summed E-state index contributed by atoms with van der Waals surface area (Å²) in [5, 5.41) is 10.1. The van der Waals surface area contributed by atoms with Crippen LogP contribution in [0.25, 0.3) is 21.9 Å². The summed E-state index contributed by atoms with van der Waals surface area (Å²) < 4.78 is 1.11. The van der Waals surface area contributed by atoms with Crippen molar-refractivity contribution in [1.29, 1.82) is 0 Å². The predicted molar refractivity (Wildman–Crippen MR) is 134 cm³/mol. The Kier molecular flexibility index (Phi) is 6.97. The number of carbonyl (C=O) groups is 1. The van der Waals surface area contributed by atoms with Crippen molar-refractivity contribution in [3.05, 3.63) is 95.0 Å². The van der Waals surface area contributed by atoms with Crippen molar-refractivity contribution < 1.29 is 9.90 Å². The van der Waals surface area contributed by atoms with Crippen LogP contribution < -0.4 is 4.90 Å². The van der Waals surface area contributed by atoms with Gasteiger partial charge in [-0.2, -0.15) is 0 Å². The molecule has 4 rings (SSSR count). The number of fused-ring (bicyclic) bond motifs is 1. The second kappa shape index (κ2) is 10.2. The van der Waals surface area contributed by atoms with Crippen LogP contribution in [0, 0.1) is 0 Å². The third kappa shape index (κ3) is 5.42. The summed E-state index contributed by atoms with van der Waals surface area (Å²) in [5.41, 5.74) is 5.40. The Bertz CT molecular complexity index is 1180. The lowest BCUT2D eigenvalue weighted by atomic mass is 10.1. The smallest absolute Gasteiger partial charge is 0.303 e. The number of aliphatic carboxylic acids is 1. The van der Waals surface area contributed by atoms with Crippen molar-refractivity contribution in [1.82, 2.24) is 4.98 Å². The lowest BCUT2D eigenvalue weighted by Crippen LogP contribution is -2.21. The highest BCUT2D eigenvalue weighted by atomic mass is 32.1. The topological polar surface area (TPSA) is 53.4 Å². The molecule has 1 heterocycles. The largest absolute Gasteiger partial charge is 0.481 e. The van der Waals surface area contributed by atoms with Crippen LogP contribution in [0.5, 0.6) is 0 Å². The van der Waals surface area contributed by atoms with Crippen LogP contribution in [0.3, 0.4) is 0 Å². The maximum absolute atomic E-state index is 11.2. The maximum Gasteiger partial charge on any atom is 0.303 e. The van der Waals surface area contributed by atoms with Gasteiger partial charge in [-0.1, -0.05) is 54.6 Å². The highest BCUT2D eigenvalue weighted by Crippen LogP contribution is 2.31. The number of rotatable bonds is 9. The molecule has 1 N–H and O–H groups in total. The molecule has 0 spiro atoms. The van der Waals surface area contributed by atoms with Crippen molar-refractivity contribution >= 4 is 44.9 Å². The minimum Gasteiger partial charge on any atom is -0.481 e. The fourth-order valence-corrected chi connectivity index (χ4v) is 4.67. The molecule has 162 valence electrons. The summed E-state index contributed by atoms with van der Waals surface area (Å²) in [4.78, 5) is 18.3. The van der Waals surface area contributed by atoms with Gasteiger partial charge in [-0.15, -0.1) is 11.3 Å². The van der Waals surface area contributed by atoms with Gasteiger partial charge in [-0.3, -0.25) is 4.79 Å². The minimum atomic E-state index is -0.799. The van der Waals surface area contributed by atoms with Crippen LogP contribution >= 0.6 is 11.3 Å². The van der Waals surface area contributed by atoms with E-state index in [0.29, 0.717) is 6.42 Å². The molecule has 0 amide bonds. The van der Waals surface area contributed by atoms with Crippen LogP contribution in [-0.4, -0.2) is 22.6 Å². The van der Waals surface area contributed by atoms with E-state index in [1.807, 2.05) is 30.3 Å². The average molecular weight is 443 g/mol. The lowest BCUT2D eigenvalue weighted by Gasteiger charge is -2.23. The van der Waals surface area contributed by atoms with Gasteiger partial charge in [0.15, 0.2) is 0 Å². The quantitative estimate of drug-likeness (QED) is 0.312. The Labute approximate surface area is 192 Å². The number of hydrogen-bond donors (Lipinski definition) is 1. The third-order valence-corrected chi connectivity index (χ3v) is 6.49. The summed E-state index contributed by atoms with van der Waals surface area (Å²) in [6.07, 6.45) is 2.60. The second-order valence-electron chi connectivity index (χ2n) is 7.64. The van der Waals surface area contributed by atoms with Crippen molar-refractivity contribution in [3.8, 4) is 0 Å². The molecule has 0 atom stereocenters. The molecule has 32 heavy (non-hydrogen) atoms. The Hall–Kier alpha value is -3.44. The van der Waals surface area contributed by atoms with Gasteiger partial charge in [0.2, 0.25) is 0 Å². The number of carboxylic acid groups (broad SMARTS) is 1. The SMILES string of the molecule is CCN(Cc1ccccc1)c1ccc(/C=C(\CCC(=O)O)c2nc3ccccc3s2)cc1. The number of hydrogen-bond acceptors (Lipinski definition) is 4. The first kappa shape index (κ1) is 21.8. The fourth-order valence-electron chi connectivity index (χ4n) is 3.66. The van der Waals surface area contributed by atoms with Crippen molar-refractivity contribution in [3.63, 3.8) is 0 Å². The minimum absolute atomic E-state index is 0.0839. The van der Waals surface area contributed by atoms with Gasteiger partial charge >= 0.3 is 5.97 Å². The van der Waals surface area contributed by atoms with E-state index in [1.165, 1.54) is 11.3 Å². The molecule has 1 aromatic heterocycles. The molecule has 0 saturated carbocycles. The van der Waals surface area contributed by atoms with Gasteiger partial charge in [0, 0.05) is 25.2 Å². The molecule has 4 nitrogen and oxygen atoms in total. The molecular formula is C27H26N2O2S. The molecule has 5 heteroatoms. The Balaban J connectivity index is 1.59. The predicted octanol–water partition coefficient (Wildman–Crippen LogP) is 6.73. The van der Waals surface area contributed by atoms with Crippen LogP contribution in [0.4, 0.5) is 5.69 Å². The molecule has 0 aliphatic heterocycles. The number of anilines is 1. The van der Waals surface area contributed by atoms with Crippen molar-refractivity contribution in [2.45, 2.75) is 26.3 Å². The van der Waals surface area contributed by atoms with Gasteiger partial charge < -0.3 is 10.0 Å². The Morgan fingerprint density at radius 3 is 2.38 bits per heavy atom. The summed E-state index contributed by atoms with van der Waals surface area (Å²) in [5.74, 6) is -0.799. The highest BCUT2D eigenvalue weighted by molar-refractivity contribution is 7.19. The monoisotopic (exact) mass is 442 g/mol. The first-order valence-electron chi connectivity index (χ1n) is 10.8. The highest BCUT2D eigenvalue weighted by Gasteiger charge is 2.12. The van der Waals surface area contributed by atoms with E-state index in [0.717, 1.165) is 39.5 Å². The van der Waals surface area contributed by atoms with E-state index < -0.39 is 5.97 Å². The molecule has 0 unspecified atom stereocenters. The first-order chi connectivity index (χ1) is 15.6. The standard InChI is InChI=1S/C27H26N2O2S/c1-2-29(19-21-8-4-3-5-9-21)23-15-12-20(13-16-23)18-22(14-17-26(30)31)27-28-24-10-6-7-11-25(24)32-27/h3-13,15-16,18H,2,14,17,19H2,1H3,(H,30,31)/b22-18+. The lowest BCUT2D eigenvalue weighted by molar-refractivity contribution is -0.136. The second-order valence-corrected chi connectivity index (χ2v) is 8.67. The Morgan fingerprint density at radius 2 is 1.69 bits per heavy atom. The molecule has 0 bridgehead atoms. The van der Waals surface area contributed by atoms with Gasteiger partial charge in [-0.05, 0) is 60.4 Å². The number of nitrogens with zero attached hydrogens (tertiary/aromatic N) is 2. The van der Waals surface area contributed by atoms with Gasteiger partial charge in [-0.25, -0.2) is 4.98 Å². The third-order valence-electron chi connectivity index (χ3n) is 5.37. The van der Waals surface area contributed by atoms with Gasteiger partial charge in [0.1, 0.15) is 5.01 Å². The van der Waals surface area contributed by atoms with Crippen molar-refractivity contribution in [2.75, 3.05) is 11.4 Å². The van der Waals surface area contributed by atoms with Crippen LogP contribution in [-0.2, 0) is 11.3 Å². The Morgan fingerprint density at radius 1 is 0.969 bits per heavy atom. The maximum atomic E-state index is 11.2. The molecule has 0 aliphatic carbocycles. The van der Waals surface area contributed by atoms with E-state index >= 15 is 0 Å². The van der Waals surface area contributed by atoms with Crippen LogP contribution in [0.15, 0.2) is 78.9 Å². The number of para-hydroxylation sites is 1. The van der Waals surface area contributed by atoms with E-state index in [9.17, 15) is 9.90 Å². The molecule has 0 radical (unpaired) electrons. The summed E-state index contributed by atoms with van der Waals surface area (Å²) in [6.45, 7) is 3.94. The van der Waals surface area contributed by atoms with Gasteiger partial charge in [0.25, 0.3) is 0 Å². The molecular weight excluding hydrogens is 416 g/mol. The van der Waals surface area contributed by atoms with E-state index in [-0.39, 0.29) is 6.42 Å². The van der Waals surface area contributed by atoms with Gasteiger partial charge in [0.05, 0.1) is 10.2 Å². The molecule has 0 aliphatic rings. The van der Waals surface area contributed by atoms with Crippen LogP contribution in [0.2, 0.25) is 0 Å².